The minimum atomic E-state index is -1.03. The minimum Gasteiger partial charge on any atom is -0.496 e. The standard InChI is InChI=1S/C14H16N2O3/c1-8-5-10(6-13(19-4)9(8)2)12-7-11(14(17)18)15-16(12)3/h5-7H,1-4H3,(H,17,18). The minimum absolute atomic E-state index is 0.0368. The summed E-state index contributed by atoms with van der Waals surface area (Å²) in [5, 5.41) is 12.9. The van der Waals surface area contributed by atoms with Crippen molar-refractivity contribution in [2.75, 3.05) is 7.11 Å². The van der Waals surface area contributed by atoms with Crippen LogP contribution in [0.3, 0.4) is 0 Å². The number of nitrogens with zero attached hydrogens (tertiary/aromatic N) is 2. The van der Waals surface area contributed by atoms with Gasteiger partial charge in [0.05, 0.1) is 12.8 Å². The number of hydrogen-bond acceptors (Lipinski definition) is 3. The van der Waals surface area contributed by atoms with E-state index in [0.717, 1.165) is 28.1 Å². The van der Waals surface area contributed by atoms with Gasteiger partial charge in [-0.3, -0.25) is 4.68 Å². The van der Waals surface area contributed by atoms with E-state index in [2.05, 4.69) is 5.10 Å². The van der Waals surface area contributed by atoms with E-state index in [4.69, 9.17) is 9.84 Å². The maximum absolute atomic E-state index is 10.9. The first-order valence-electron chi connectivity index (χ1n) is 5.87. The van der Waals surface area contributed by atoms with Crippen LogP contribution in [0.4, 0.5) is 0 Å². The van der Waals surface area contributed by atoms with Gasteiger partial charge in [0.15, 0.2) is 5.69 Å². The van der Waals surface area contributed by atoms with E-state index in [1.807, 2.05) is 26.0 Å². The molecule has 0 aliphatic heterocycles. The monoisotopic (exact) mass is 260 g/mol. The first-order chi connectivity index (χ1) is 8.93. The zero-order chi connectivity index (χ0) is 14.2. The number of carboxylic acids is 1. The molecule has 19 heavy (non-hydrogen) atoms. The van der Waals surface area contributed by atoms with Gasteiger partial charge in [-0.05, 0) is 43.2 Å². The summed E-state index contributed by atoms with van der Waals surface area (Å²) in [6, 6.07) is 5.46. The average molecular weight is 260 g/mol. The molecule has 1 aromatic carbocycles. The average Bonchev–Trinajstić information content (AvgIpc) is 2.75. The van der Waals surface area contributed by atoms with Crippen LogP contribution < -0.4 is 4.74 Å². The second-order valence-corrected chi connectivity index (χ2v) is 4.46. The Kier molecular flexibility index (Phi) is 3.29. The lowest BCUT2D eigenvalue weighted by molar-refractivity contribution is 0.0689. The van der Waals surface area contributed by atoms with Gasteiger partial charge in [-0.1, -0.05) is 0 Å². The molecule has 0 saturated carbocycles. The highest BCUT2D eigenvalue weighted by atomic mass is 16.5. The SMILES string of the molecule is COc1cc(-c2cc(C(=O)O)nn2C)cc(C)c1C. The second kappa shape index (κ2) is 4.76. The Balaban J connectivity index is 2.59. The highest BCUT2D eigenvalue weighted by molar-refractivity contribution is 5.87. The predicted molar refractivity (Wildman–Crippen MR) is 71.6 cm³/mol. The van der Waals surface area contributed by atoms with Crippen LogP contribution in [0.5, 0.6) is 5.75 Å². The molecule has 0 saturated heterocycles. The van der Waals surface area contributed by atoms with Crippen molar-refractivity contribution in [2.45, 2.75) is 13.8 Å². The molecule has 0 aliphatic rings. The Morgan fingerprint density at radius 1 is 1.32 bits per heavy atom. The van der Waals surface area contributed by atoms with Crippen LogP contribution in [0.1, 0.15) is 21.6 Å². The number of benzene rings is 1. The largest absolute Gasteiger partial charge is 0.496 e. The van der Waals surface area contributed by atoms with Crippen molar-refractivity contribution in [2.24, 2.45) is 7.05 Å². The van der Waals surface area contributed by atoms with Gasteiger partial charge >= 0.3 is 5.97 Å². The molecule has 0 atom stereocenters. The molecular weight excluding hydrogens is 244 g/mol. The summed E-state index contributed by atoms with van der Waals surface area (Å²) in [6.07, 6.45) is 0. The summed E-state index contributed by atoms with van der Waals surface area (Å²) in [5.41, 5.74) is 3.84. The fraction of sp³-hybridized carbons (Fsp3) is 0.286. The molecule has 1 N–H and O–H groups in total. The van der Waals surface area contributed by atoms with Gasteiger partial charge in [-0.25, -0.2) is 4.79 Å². The number of carboxylic acid groups (broad SMARTS) is 1. The van der Waals surface area contributed by atoms with Gasteiger partial charge in [0.2, 0.25) is 0 Å². The third kappa shape index (κ3) is 2.31. The number of hydrogen-bond donors (Lipinski definition) is 1. The first kappa shape index (κ1) is 13.1. The van der Waals surface area contributed by atoms with E-state index in [-0.39, 0.29) is 5.69 Å². The van der Waals surface area contributed by atoms with Gasteiger partial charge in [0, 0.05) is 12.6 Å². The Morgan fingerprint density at radius 2 is 2.00 bits per heavy atom. The van der Waals surface area contributed by atoms with Crippen molar-refractivity contribution < 1.29 is 14.6 Å². The number of methoxy groups -OCH3 is 1. The summed E-state index contributed by atoms with van der Waals surface area (Å²) < 4.78 is 6.90. The molecule has 5 heteroatoms. The summed E-state index contributed by atoms with van der Waals surface area (Å²) >= 11 is 0. The maximum Gasteiger partial charge on any atom is 0.356 e. The van der Waals surface area contributed by atoms with Crippen LogP contribution in [0.2, 0.25) is 0 Å². The molecule has 0 fully saturated rings. The summed E-state index contributed by atoms with van der Waals surface area (Å²) in [4.78, 5) is 10.9. The summed E-state index contributed by atoms with van der Waals surface area (Å²) in [7, 11) is 3.35. The van der Waals surface area contributed by atoms with E-state index in [1.165, 1.54) is 0 Å². The van der Waals surface area contributed by atoms with Gasteiger partial charge in [0.25, 0.3) is 0 Å². The lowest BCUT2D eigenvalue weighted by atomic mass is 10.0. The number of aromatic nitrogens is 2. The van der Waals surface area contributed by atoms with Crippen molar-refractivity contribution in [1.29, 1.82) is 0 Å². The Hall–Kier alpha value is -2.30. The molecule has 0 bridgehead atoms. The Morgan fingerprint density at radius 3 is 2.53 bits per heavy atom. The smallest absolute Gasteiger partial charge is 0.356 e. The van der Waals surface area contributed by atoms with Crippen molar-refractivity contribution in [3.63, 3.8) is 0 Å². The molecule has 2 rings (SSSR count). The fourth-order valence-electron chi connectivity index (χ4n) is 2.03. The lowest BCUT2D eigenvalue weighted by Gasteiger charge is -2.11. The zero-order valence-corrected chi connectivity index (χ0v) is 11.4. The van der Waals surface area contributed by atoms with Crippen molar-refractivity contribution in [3.05, 3.63) is 35.0 Å². The van der Waals surface area contributed by atoms with Gasteiger partial charge in [-0.15, -0.1) is 0 Å². The molecule has 0 unspecified atom stereocenters. The van der Waals surface area contributed by atoms with Crippen LogP contribution >= 0.6 is 0 Å². The number of aryl methyl sites for hydroxylation is 2. The zero-order valence-electron chi connectivity index (χ0n) is 11.4. The highest BCUT2D eigenvalue weighted by Crippen LogP contribution is 2.29. The van der Waals surface area contributed by atoms with Crippen molar-refractivity contribution in [3.8, 4) is 17.0 Å². The van der Waals surface area contributed by atoms with Gasteiger partial charge in [0.1, 0.15) is 5.75 Å². The number of carbonyl (C=O) groups is 1. The topological polar surface area (TPSA) is 64.3 Å². The molecule has 5 nitrogen and oxygen atoms in total. The quantitative estimate of drug-likeness (QED) is 0.920. The van der Waals surface area contributed by atoms with Crippen LogP contribution in [-0.2, 0) is 7.05 Å². The molecule has 1 aromatic heterocycles. The molecule has 100 valence electrons. The van der Waals surface area contributed by atoms with E-state index in [0.29, 0.717) is 0 Å². The Labute approximate surface area is 111 Å². The lowest BCUT2D eigenvalue weighted by Crippen LogP contribution is -1.99. The third-order valence-electron chi connectivity index (χ3n) is 3.23. The third-order valence-corrected chi connectivity index (χ3v) is 3.23. The predicted octanol–water partition coefficient (Wildman–Crippen LogP) is 2.41. The first-order valence-corrected chi connectivity index (χ1v) is 5.87. The summed E-state index contributed by atoms with van der Waals surface area (Å²) in [6.45, 7) is 3.99. The fourth-order valence-corrected chi connectivity index (χ4v) is 2.03. The maximum atomic E-state index is 10.9. The second-order valence-electron chi connectivity index (χ2n) is 4.46. The Bertz CT molecular complexity index is 644. The molecule has 0 amide bonds. The van der Waals surface area contributed by atoms with Crippen LogP contribution in [0, 0.1) is 13.8 Å². The van der Waals surface area contributed by atoms with E-state index < -0.39 is 5.97 Å². The van der Waals surface area contributed by atoms with Crippen LogP contribution in [0.15, 0.2) is 18.2 Å². The molecule has 0 aliphatic carbocycles. The van der Waals surface area contributed by atoms with E-state index in [1.54, 1.807) is 24.9 Å². The molecule has 2 aromatic rings. The van der Waals surface area contributed by atoms with Crippen LogP contribution in [0.25, 0.3) is 11.3 Å². The normalized spacial score (nSPS) is 10.5. The van der Waals surface area contributed by atoms with Gasteiger partial charge < -0.3 is 9.84 Å². The van der Waals surface area contributed by atoms with Gasteiger partial charge in [-0.2, -0.15) is 5.10 Å². The molecular formula is C14H16N2O3. The van der Waals surface area contributed by atoms with E-state index in [9.17, 15) is 4.79 Å². The van der Waals surface area contributed by atoms with Crippen molar-refractivity contribution in [1.82, 2.24) is 9.78 Å². The highest BCUT2D eigenvalue weighted by Gasteiger charge is 2.14. The molecule has 0 radical (unpaired) electrons. The number of aromatic carboxylic acids is 1. The van der Waals surface area contributed by atoms with E-state index >= 15 is 0 Å². The molecule has 1 heterocycles. The summed E-state index contributed by atoms with van der Waals surface area (Å²) in [5.74, 6) is -0.245. The number of ether oxygens (including phenoxy) is 1. The van der Waals surface area contributed by atoms with Crippen molar-refractivity contribution >= 4 is 5.97 Å². The van der Waals surface area contributed by atoms with Crippen LogP contribution in [-0.4, -0.2) is 28.0 Å². The molecule has 0 spiro atoms. The number of rotatable bonds is 3.